The van der Waals surface area contributed by atoms with E-state index in [1.54, 1.807) is 0 Å². The van der Waals surface area contributed by atoms with Gasteiger partial charge >= 0.3 is 0 Å². The first kappa shape index (κ1) is 18.7. The summed E-state index contributed by atoms with van der Waals surface area (Å²) >= 11 is 4.82. The van der Waals surface area contributed by atoms with Crippen molar-refractivity contribution < 1.29 is 4.79 Å². The van der Waals surface area contributed by atoms with Gasteiger partial charge in [-0.3, -0.25) is 4.79 Å². The van der Waals surface area contributed by atoms with Gasteiger partial charge in [0, 0.05) is 11.0 Å². The molecule has 1 amide bonds. The standard InChI is InChI=1S/C19H19BrN4OS/c1-3-24-17-7-5-4-6-16(17)21-19(24)26-12-18(25)23-22-13(2)14-8-10-15(20)11-9-14/h4-11H,3,12H2,1-2H3,(H,23,25)/b22-13-. The van der Waals surface area contributed by atoms with Gasteiger partial charge in [-0.05, 0) is 43.7 Å². The number of benzene rings is 2. The van der Waals surface area contributed by atoms with Crippen molar-refractivity contribution in [2.45, 2.75) is 25.5 Å². The Labute approximate surface area is 165 Å². The van der Waals surface area contributed by atoms with Crippen molar-refractivity contribution in [1.29, 1.82) is 0 Å². The molecule has 2 aromatic carbocycles. The number of hydrazone groups is 1. The second-order valence-corrected chi connectivity index (χ2v) is 7.51. The van der Waals surface area contributed by atoms with Gasteiger partial charge in [-0.15, -0.1) is 0 Å². The average molecular weight is 431 g/mol. The lowest BCUT2D eigenvalue weighted by molar-refractivity contribution is -0.118. The van der Waals surface area contributed by atoms with Crippen LogP contribution in [0.4, 0.5) is 0 Å². The molecular formula is C19H19BrN4OS. The number of hydrogen-bond acceptors (Lipinski definition) is 4. The smallest absolute Gasteiger partial charge is 0.250 e. The first-order valence-corrected chi connectivity index (χ1v) is 10.0. The predicted molar refractivity (Wildman–Crippen MR) is 111 cm³/mol. The molecule has 0 aliphatic carbocycles. The van der Waals surface area contributed by atoms with E-state index in [9.17, 15) is 4.79 Å². The molecule has 3 aromatic rings. The highest BCUT2D eigenvalue weighted by molar-refractivity contribution is 9.10. The Hall–Kier alpha value is -2.12. The summed E-state index contributed by atoms with van der Waals surface area (Å²) in [6.07, 6.45) is 0. The number of aryl methyl sites for hydroxylation is 1. The van der Waals surface area contributed by atoms with Crippen molar-refractivity contribution in [2.75, 3.05) is 5.75 Å². The Balaban J connectivity index is 1.62. The molecule has 0 radical (unpaired) electrons. The average Bonchev–Trinajstić information content (AvgIpc) is 3.02. The molecule has 26 heavy (non-hydrogen) atoms. The minimum Gasteiger partial charge on any atom is -0.319 e. The lowest BCUT2D eigenvalue weighted by atomic mass is 10.1. The molecule has 0 aliphatic rings. The van der Waals surface area contributed by atoms with E-state index in [0.29, 0.717) is 0 Å². The number of carbonyl (C=O) groups excluding carboxylic acids is 1. The molecule has 0 bridgehead atoms. The number of amides is 1. The first-order valence-electron chi connectivity index (χ1n) is 8.25. The van der Waals surface area contributed by atoms with Gasteiger partial charge in [0.2, 0.25) is 0 Å². The van der Waals surface area contributed by atoms with Gasteiger partial charge in [-0.1, -0.05) is 52.0 Å². The quantitative estimate of drug-likeness (QED) is 0.356. The summed E-state index contributed by atoms with van der Waals surface area (Å²) in [6.45, 7) is 4.75. The number of nitrogens with zero attached hydrogens (tertiary/aromatic N) is 3. The number of rotatable bonds is 6. The molecule has 0 spiro atoms. The zero-order valence-electron chi connectivity index (χ0n) is 14.6. The molecule has 0 fully saturated rings. The third-order valence-electron chi connectivity index (χ3n) is 3.88. The molecule has 3 rings (SSSR count). The number of fused-ring (bicyclic) bond motifs is 1. The van der Waals surface area contributed by atoms with Crippen LogP contribution in [0.3, 0.4) is 0 Å². The number of hydrogen-bond donors (Lipinski definition) is 1. The molecule has 0 aliphatic heterocycles. The van der Waals surface area contributed by atoms with Crippen LogP contribution >= 0.6 is 27.7 Å². The number of halogens is 1. The molecule has 0 unspecified atom stereocenters. The Kier molecular flexibility index (Phi) is 6.11. The maximum Gasteiger partial charge on any atom is 0.250 e. The highest BCUT2D eigenvalue weighted by Gasteiger charge is 2.11. The Morgan fingerprint density at radius 1 is 1.23 bits per heavy atom. The Morgan fingerprint density at radius 3 is 2.69 bits per heavy atom. The molecule has 1 aromatic heterocycles. The summed E-state index contributed by atoms with van der Waals surface area (Å²) in [5.74, 6) is 0.113. The van der Waals surface area contributed by atoms with Gasteiger partial charge in [0.25, 0.3) is 5.91 Å². The van der Waals surface area contributed by atoms with Crippen molar-refractivity contribution in [3.63, 3.8) is 0 Å². The summed E-state index contributed by atoms with van der Waals surface area (Å²) in [4.78, 5) is 16.7. The summed E-state index contributed by atoms with van der Waals surface area (Å²) < 4.78 is 3.12. The van der Waals surface area contributed by atoms with Crippen molar-refractivity contribution >= 4 is 50.3 Å². The lowest BCUT2D eigenvalue weighted by Crippen LogP contribution is -2.21. The van der Waals surface area contributed by atoms with Crippen LogP contribution in [0.1, 0.15) is 19.4 Å². The molecule has 0 saturated heterocycles. The molecule has 1 N–H and O–H groups in total. The van der Waals surface area contributed by atoms with Gasteiger partial charge < -0.3 is 4.57 Å². The van der Waals surface area contributed by atoms with Crippen LogP contribution in [0.5, 0.6) is 0 Å². The fraction of sp³-hybridized carbons (Fsp3) is 0.211. The lowest BCUT2D eigenvalue weighted by Gasteiger charge is -2.05. The van der Waals surface area contributed by atoms with Crippen LogP contribution in [0.15, 0.2) is 63.3 Å². The second-order valence-electron chi connectivity index (χ2n) is 5.66. The van der Waals surface area contributed by atoms with E-state index in [4.69, 9.17) is 0 Å². The van der Waals surface area contributed by atoms with Crippen LogP contribution < -0.4 is 5.43 Å². The number of carbonyl (C=O) groups is 1. The highest BCUT2D eigenvalue weighted by atomic mass is 79.9. The van der Waals surface area contributed by atoms with Crippen LogP contribution in [-0.4, -0.2) is 26.9 Å². The molecular weight excluding hydrogens is 412 g/mol. The van der Waals surface area contributed by atoms with E-state index in [2.05, 4.69) is 42.9 Å². The monoisotopic (exact) mass is 430 g/mol. The highest BCUT2D eigenvalue weighted by Crippen LogP contribution is 2.23. The first-order chi connectivity index (χ1) is 12.6. The number of aromatic nitrogens is 2. The van der Waals surface area contributed by atoms with E-state index in [1.807, 2.05) is 55.5 Å². The zero-order valence-corrected chi connectivity index (χ0v) is 17.0. The van der Waals surface area contributed by atoms with Gasteiger partial charge in [0.05, 0.1) is 22.5 Å². The minimum absolute atomic E-state index is 0.152. The number of imidazole rings is 1. The zero-order chi connectivity index (χ0) is 18.5. The van der Waals surface area contributed by atoms with E-state index in [-0.39, 0.29) is 11.7 Å². The summed E-state index contributed by atoms with van der Waals surface area (Å²) in [7, 11) is 0. The summed E-state index contributed by atoms with van der Waals surface area (Å²) in [6, 6.07) is 15.8. The normalized spacial score (nSPS) is 11.7. The number of para-hydroxylation sites is 2. The van der Waals surface area contributed by atoms with E-state index < -0.39 is 0 Å². The van der Waals surface area contributed by atoms with E-state index in [1.165, 1.54) is 11.8 Å². The second kappa shape index (κ2) is 8.51. The van der Waals surface area contributed by atoms with Crippen LogP contribution in [0.25, 0.3) is 11.0 Å². The largest absolute Gasteiger partial charge is 0.319 e. The third-order valence-corrected chi connectivity index (χ3v) is 5.38. The number of thioether (sulfide) groups is 1. The fourth-order valence-electron chi connectivity index (χ4n) is 2.53. The minimum atomic E-state index is -0.152. The van der Waals surface area contributed by atoms with Gasteiger partial charge in [0.1, 0.15) is 0 Å². The van der Waals surface area contributed by atoms with Gasteiger partial charge in [-0.25, -0.2) is 10.4 Å². The Morgan fingerprint density at radius 2 is 1.96 bits per heavy atom. The van der Waals surface area contributed by atoms with Crippen LogP contribution in [-0.2, 0) is 11.3 Å². The maximum absolute atomic E-state index is 12.1. The van der Waals surface area contributed by atoms with Crippen molar-refractivity contribution in [1.82, 2.24) is 15.0 Å². The molecule has 7 heteroatoms. The van der Waals surface area contributed by atoms with Crippen molar-refractivity contribution in [3.8, 4) is 0 Å². The van der Waals surface area contributed by atoms with Gasteiger partial charge in [0.15, 0.2) is 5.16 Å². The molecule has 134 valence electrons. The van der Waals surface area contributed by atoms with Crippen LogP contribution in [0.2, 0.25) is 0 Å². The topological polar surface area (TPSA) is 59.3 Å². The van der Waals surface area contributed by atoms with E-state index in [0.717, 1.165) is 38.5 Å². The summed E-state index contributed by atoms with van der Waals surface area (Å²) in [5.41, 5.74) is 6.37. The molecule has 0 saturated carbocycles. The van der Waals surface area contributed by atoms with Crippen LogP contribution in [0, 0.1) is 0 Å². The van der Waals surface area contributed by atoms with Crippen molar-refractivity contribution in [3.05, 3.63) is 58.6 Å². The third kappa shape index (κ3) is 4.34. The van der Waals surface area contributed by atoms with E-state index >= 15 is 0 Å². The Bertz CT molecular complexity index is 950. The fourth-order valence-corrected chi connectivity index (χ4v) is 3.67. The van der Waals surface area contributed by atoms with Crippen molar-refractivity contribution in [2.24, 2.45) is 5.10 Å². The molecule has 5 nitrogen and oxygen atoms in total. The maximum atomic E-state index is 12.1. The van der Waals surface area contributed by atoms with Gasteiger partial charge in [-0.2, -0.15) is 5.10 Å². The predicted octanol–water partition coefficient (Wildman–Crippen LogP) is 4.45. The number of nitrogens with one attached hydrogen (secondary N) is 1. The molecule has 1 heterocycles. The summed E-state index contributed by atoms with van der Waals surface area (Å²) in [5, 5.41) is 5.03. The molecule has 0 atom stereocenters. The SMILES string of the molecule is CCn1c(SCC(=O)N/N=C(/C)c2ccc(Br)cc2)nc2ccccc21.